The first-order valence-electron chi connectivity index (χ1n) is 13.9. The van der Waals surface area contributed by atoms with E-state index in [4.69, 9.17) is 4.74 Å². The summed E-state index contributed by atoms with van der Waals surface area (Å²) >= 11 is 0. The predicted molar refractivity (Wildman–Crippen MR) is 131 cm³/mol. The summed E-state index contributed by atoms with van der Waals surface area (Å²) in [7, 11) is 0. The van der Waals surface area contributed by atoms with Gasteiger partial charge in [-0.3, -0.25) is 0 Å². The summed E-state index contributed by atoms with van der Waals surface area (Å²) in [5.41, 5.74) is 2.96. The molecule has 0 aromatic carbocycles. The van der Waals surface area contributed by atoms with Crippen LogP contribution >= 0.6 is 0 Å². The van der Waals surface area contributed by atoms with Crippen molar-refractivity contribution in [3.63, 3.8) is 0 Å². The van der Waals surface area contributed by atoms with Crippen molar-refractivity contribution in [3.8, 4) is 0 Å². The lowest BCUT2D eigenvalue weighted by atomic mass is 9.46. The Morgan fingerprint density at radius 1 is 0.935 bits per heavy atom. The summed E-state index contributed by atoms with van der Waals surface area (Å²) in [6, 6.07) is 0. The molecule has 4 fully saturated rings. The van der Waals surface area contributed by atoms with Gasteiger partial charge in [-0.1, -0.05) is 53.2 Å². The molecular formula is C30H50O. The van der Waals surface area contributed by atoms with Crippen molar-refractivity contribution in [1.29, 1.82) is 0 Å². The Morgan fingerprint density at radius 3 is 2.39 bits per heavy atom. The highest BCUT2D eigenvalue weighted by Crippen LogP contribution is 2.69. The predicted octanol–water partition coefficient (Wildman–Crippen LogP) is 8.29. The number of allylic oxidation sites excluding steroid dienone is 2. The van der Waals surface area contributed by atoms with Crippen LogP contribution in [0, 0.1) is 58.2 Å². The zero-order valence-electron chi connectivity index (χ0n) is 21.7. The minimum absolute atomic E-state index is 0.0886. The van der Waals surface area contributed by atoms with Crippen molar-refractivity contribution in [2.45, 2.75) is 112 Å². The summed E-state index contributed by atoms with van der Waals surface area (Å²) < 4.78 is 6.62. The van der Waals surface area contributed by atoms with E-state index in [1.54, 1.807) is 0 Å². The lowest BCUT2D eigenvalue weighted by Gasteiger charge is -2.59. The van der Waals surface area contributed by atoms with Crippen LogP contribution in [0.3, 0.4) is 0 Å². The standard InChI is InChI=1S/C30H50O/c1-19-10-13-28(5)23(16-19)8-9-24-25(28)12-14-29(6)26(24)17-21(3)27(29)22(4)30(7)15-11-20(2)18-31-30/h8,19-22,24-27H,9-18H2,1-7H3. The van der Waals surface area contributed by atoms with Crippen LogP contribution < -0.4 is 0 Å². The second kappa shape index (κ2) is 7.61. The van der Waals surface area contributed by atoms with Crippen molar-refractivity contribution in [2.24, 2.45) is 58.2 Å². The van der Waals surface area contributed by atoms with Crippen LogP contribution in [0.5, 0.6) is 0 Å². The van der Waals surface area contributed by atoms with Gasteiger partial charge in [0, 0.05) is 6.61 Å². The van der Waals surface area contributed by atoms with Crippen LogP contribution in [0.2, 0.25) is 0 Å². The molecule has 0 N–H and O–H groups in total. The average Bonchev–Trinajstić information content (AvgIpc) is 3.00. The third kappa shape index (κ3) is 3.33. The van der Waals surface area contributed by atoms with Gasteiger partial charge in [0.25, 0.3) is 0 Å². The molecule has 0 aromatic rings. The summed E-state index contributed by atoms with van der Waals surface area (Å²) in [6.07, 6.45) is 15.4. The summed E-state index contributed by atoms with van der Waals surface area (Å²) in [4.78, 5) is 0. The van der Waals surface area contributed by atoms with Crippen molar-refractivity contribution in [2.75, 3.05) is 6.61 Å². The van der Waals surface area contributed by atoms with Crippen molar-refractivity contribution >= 4 is 0 Å². The van der Waals surface area contributed by atoms with Gasteiger partial charge in [-0.2, -0.15) is 0 Å². The number of ether oxygens (including phenoxy) is 1. The Bertz CT molecular complexity index is 714. The van der Waals surface area contributed by atoms with Crippen LogP contribution in [0.15, 0.2) is 11.6 Å². The van der Waals surface area contributed by atoms with Crippen LogP contribution in [0.25, 0.3) is 0 Å². The molecule has 1 nitrogen and oxygen atoms in total. The second-order valence-corrected chi connectivity index (χ2v) is 13.9. The molecule has 0 amide bonds. The average molecular weight is 427 g/mol. The van der Waals surface area contributed by atoms with E-state index in [9.17, 15) is 0 Å². The summed E-state index contributed by atoms with van der Waals surface area (Å²) in [5, 5.41) is 0. The third-order valence-electron chi connectivity index (χ3n) is 12.1. The number of rotatable bonds is 2. The molecule has 0 spiro atoms. The van der Waals surface area contributed by atoms with E-state index in [0.717, 1.165) is 48.0 Å². The minimum Gasteiger partial charge on any atom is -0.375 e. The molecule has 31 heavy (non-hydrogen) atoms. The number of fused-ring (bicyclic) bond motifs is 5. The fraction of sp³-hybridized carbons (Fsp3) is 0.933. The zero-order chi connectivity index (χ0) is 22.2. The van der Waals surface area contributed by atoms with E-state index in [1.807, 2.05) is 5.57 Å². The van der Waals surface area contributed by atoms with Gasteiger partial charge in [-0.15, -0.1) is 0 Å². The Morgan fingerprint density at radius 2 is 1.68 bits per heavy atom. The minimum atomic E-state index is 0.0886. The first-order chi connectivity index (χ1) is 14.6. The van der Waals surface area contributed by atoms with Crippen LogP contribution in [0.4, 0.5) is 0 Å². The fourth-order valence-corrected chi connectivity index (χ4v) is 10.1. The Hall–Kier alpha value is -0.300. The van der Waals surface area contributed by atoms with Crippen molar-refractivity contribution in [1.82, 2.24) is 0 Å². The molecule has 5 aliphatic rings. The smallest absolute Gasteiger partial charge is 0.0683 e. The third-order valence-corrected chi connectivity index (χ3v) is 12.1. The van der Waals surface area contributed by atoms with Gasteiger partial charge in [-0.25, -0.2) is 0 Å². The molecule has 1 heterocycles. The maximum absolute atomic E-state index is 6.62. The van der Waals surface area contributed by atoms with E-state index in [-0.39, 0.29) is 5.60 Å². The normalized spacial score (nSPS) is 55.6. The van der Waals surface area contributed by atoms with E-state index in [0.29, 0.717) is 16.7 Å². The first kappa shape index (κ1) is 22.5. The van der Waals surface area contributed by atoms with Gasteiger partial charge >= 0.3 is 0 Å². The molecule has 1 saturated heterocycles. The van der Waals surface area contributed by atoms with E-state index < -0.39 is 0 Å². The number of hydrogen-bond acceptors (Lipinski definition) is 1. The highest BCUT2D eigenvalue weighted by molar-refractivity contribution is 5.25. The molecule has 4 aliphatic carbocycles. The lowest BCUT2D eigenvalue weighted by molar-refractivity contribution is -0.151. The van der Waals surface area contributed by atoms with Gasteiger partial charge in [0.1, 0.15) is 0 Å². The van der Waals surface area contributed by atoms with Gasteiger partial charge in [-0.05, 0) is 123 Å². The first-order valence-corrected chi connectivity index (χ1v) is 13.9. The quantitative estimate of drug-likeness (QED) is 0.403. The molecular weight excluding hydrogens is 376 g/mol. The molecule has 0 radical (unpaired) electrons. The van der Waals surface area contributed by atoms with Crippen molar-refractivity contribution in [3.05, 3.63) is 11.6 Å². The topological polar surface area (TPSA) is 9.23 Å². The number of hydrogen-bond donors (Lipinski definition) is 0. The Balaban J connectivity index is 1.42. The SMILES string of the molecule is CC1CCC(C)(C(C)C2C(C)CC3C4CC=C5CC(C)CCC5(C)C4CCC32C)OC1. The fourth-order valence-electron chi connectivity index (χ4n) is 10.1. The van der Waals surface area contributed by atoms with Gasteiger partial charge in [0.05, 0.1) is 5.60 Å². The molecule has 1 aliphatic heterocycles. The highest BCUT2D eigenvalue weighted by Gasteiger charge is 2.62. The molecule has 176 valence electrons. The maximum Gasteiger partial charge on any atom is 0.0683 e. The molecule has 0 bridgehead atoms. The Kier molecular flexibility index (Phi) is 5.52. The monoisotopic (exact) mass is 426 g/mol. The largest absolute Gasteiger partial charge is 0.375 e. The molecule has 5 rings (SSSR count). The van der Waals surface area contributed by atoms with Gasteiger partial charge in [0.15, 0.2) is 0 Å². The van der Waals surface area contributed by atoms with Crippen LogP contribution in [-0.2, 0) is 4.74 Å². The summed E-state index contributed by atoms with van der Waals surface area (Å²) in [6.45, 7) is 18.8. The Labute approximate surface area is 193 Å². The highest BCUT2D eigenvalue weighted by atomic mass is 16.5. The van der Waals surface area contributed by atoms with E-state index in [1.165, 1.54) is 57.8 Å². The van der Waals surface area contributed by atoms with E-state index >= 15 is 0 Å². The molecule has 1 heteroatoms. The van der Waals surface area contributed by atoms with Crippen LogP contribution in [0.1, 0.15) is 106 Å². The summed E-state index contributed by atoms with van der Waals surface area (Å²) in [5.74, 6) is 6.77. The van der Waals surface area contributed by atoms with Crippen LogP contribution in [-0.4, -0.2) is 12.2 Å². The molecule has 11 unspecified atom stereocenters. The van der Waals surface area contributed by atoms with E-state index in [2.05, 4.69) is 54.5 Å². The maximum atomic E-state index is 6.62. The second-order valence-electron chi connectivity index (χ2n) is 13.9. The molecule has 11 atom stereocenters. The van der Waals surface area contributed by atoms with Crippen molar-refractivity contribution < 1.29 is 4.74 Å². The lowest BCUT2D eigenvalue weighted by Crippen LogP contribution is -2.53. The zero-order valence-corrected chi connectivity index (χ0v) is 21.7. The van der Waals surface area contributed by atoms with Gasteiger partial charge < -0.3 is 4.74 Å². The molecule has 0 aromatic heterocycles. The van der Waals surface area contributed by atoms with Gasteiger partial charge in [0.2, 0.25) is 0 Å². The molecule has 3 saturated carbocycles.